The van der Waals surface area contributed by atoms with Gasteiger partial charge < -0.3 is 10.5 Å². The summed E-state index contributed by atoms with van der Waals surface area (Å²) in [5, 5.41) is 0. The quantitative estimate of drug-likeness (QED) is 0.709. The number of rotatable bonds is 2. The molecule has 2 rings (SSSR count). The molecule has 0 unspecified atom stereocenters. The van der Waals surface area contributed by atoms with Crippen molar-refractivity contribution in [3.63, 3.8) is 0 Å². The van der Waals surface area contributed by atoms with E-state index >= 15 is 0 Å². The smallest absolute Gasteiger partial charge is 0.240 e. The van der Waals surface area contributed by atoms with Crippen LogP contribution in [0.5, 0.6) is 5.88 Å². The highest BCUT2D eigenvalue weighted by Gasteiger charge is 2.20. The van der Waals surface area contributed by atoms with Crippen molar-refractivity contribution in [2.45, 2.75) is 25.4 Å². The van der Waals surface area contributed by atoms with Gasteiger partial charge in [-0.15, -0.1) is 0 Å². The number of nitrogens with zero attached hydrogens (tertiary/aromatic N) is 2. The molecule has 0 aromatic carbocycles. The van der Waals surface area contributed by atoms with E-state index in [1.54, 1.807) is 6.20 Å². The van der Waals surface area contributed by atoms with Crippen molar-refractivity contribution in [2.24, 2.45) is 0 Å². The zero-order valence-electron chi connectivity index (χ0n) is 6.73. The molecule has 12 heavy (non-hydrogen) atoms. The van der Waals surface area contributed by atoms with Crippen LogP contribution in [0.25, 0.3) is 0 Å². The van der Waals surface area contributed by atoms with Gasteiger partial charge in [0.1, 0.15) is 18.1 Å². The Kier molecular flexibility index (Phi) is 1.81. The summed E-state index contributed by atoms with van der Waals surface area (Å²) in [5.74, 6) is 0.523. The van der Waals surface area contributed by atoms with E-state index in [-0.39, 0.29) is 0 Å². The molecule has 1 aliphatic rings. The van der Waals surface area contributed by atoms with Gasteiger partial charge in [0.2, 0.25) is 5.88 Å². The van der Waals surface area contributed by atoms with Gasteiger partial charge in [0, 0.05) is 0 Å². The molecule has 0 aliphatic heterocycles. The summed E-state index contributed by atoms with van der Waals surface area (Å²) in [4.78, 5) is 7.72. The number of hydrogen-bond acceptors (Lipinski definition) is 4. The normalized spacial score (nSPS) is 17.0. The van der Waals surface area contributed by atoms with Gasteiger partial charge in [0.25, 0.3) is 0 Å². The molecule has 0 bridgehead atoms. The maximum atomic E-state index is 5.60. The number of anilines is 1. The van der Waals surface area contributed by atoms with Gasteiger partial charge in [0.05, 0.1) is 6.20 Å². The van der Waals surface area contributed by atoms with Crippen LogP contribution in [0.4, 0.5) is 5.69 Å². The molecule has 64 valence electrons. The van der Waals surface area contributed by atoms with E-state index in [1.807, 2.05) is 0 Å². The summed E-state index contributed by atoms with van der Waals surface area (Å²) >= 11 is 0. The fraction of sp³-hybridized carbons (Fsp3) is 0.500. The molecular formula is C8H11N3O. The summed E-state index contributed by atoms with van der Waals surface area (Å²) in [6.45, 7) is 0. The van der Waals surface area contributed by atoms with Crippen LogP contribution in [0, 0.1) is 0 Å². The molecule has 1 fully saturated rings. The Morgan fingerprint density at radius 2 is 2.33 bits per heavy atom. The van der Waals surface area contributed by atoms with Gasteiger partial charge >= 0.3 is 0 Å². The minimum Gasteiger partial charge on any atom is -0.473 e. The van der Waals surface area contributed by atoms with Crippen LogP contribution in [0.1, 0.15) is 19.3 Å². The molecule has 4 nitrogen and oxygen atoms in total. The van der Waals surface area contributed by atoms with Crippen molar-refractivity contribution in [1.82, 2.24) is 9.97 Å². The van der Waals surface area contributed by atoms with Crippen molar-refractivity contribution >= 4 is 5.69 Å². The van der Waals surface area contributed by atoms with Crippen molar-refractivity contribution in [1.29, 1.82) is 0 Å². The maximum absolute atomic E-state index is 5.60. The number of nitrogens with two attached hydrogens (primary N) is 1. The number of hydrogen-bond donors (Lipinski definition) is 1. The standard InChI is InChI=1S/C8H11N3O/c9-7-4-10-5-11-8(7)12-6-2-1-3-6/h4-6H,1-3,9H2. The molecule has 1 saturated carbocycles. The Hall–Kier alpha value is -1.32. The third-order valence-electron chi connectivity index (χ3n) is 2.03. The third-order valence-corrected chi connectivity index (χ3v) is 2.03. The highest BCUT2D eigenvalue weighted by atomic mass is 16.5. The molecule has 4 heteroatoms. The van der Waals surface area contributed by atoms with Gasteiger partial charge in [-0.3, -0.25) is 0 Å². The monoisotopic (exact) mass is 165 g/mol. The van der Waals surface area contributed by atoms with Crippen molar-refractivity contribution < 1.29 is 4.74 Å². The van der Waals surface area contributed by atoms with E-state index in [0.29, 0.717) is 17.7 Å². The molecule has 1 aromatic heterocycles. The Morgan fingerprint density at radius 1 is 1.50 bits per heavy atom. The van der Waals surface area contributed by atoms with Crippen molar-refractivity contribution in [2.75, 3.05) is 5.73 Å². The van der Waals surface area contributed by atoms with Crippen molar-refractivity contribution in [3.8, 4) is 5.88 Å². The lowest BCUT2D eigenvalue weighted by atomic mass is 9.96. The second-order valence-electron chi connectivity index (χ2n) is 2.95. The Balaban J connectivity index is 2.06. The van der Waals surface area contributed by atoms with E-state index in [2.05, 4.69) is 9.97 Å². The second kappa shape index (κ2) is 2.97. The molecule has 0 radical (unpaired) electrons. The van der Waals surface area contributed by atoms with Crippen LogP contribution in [0.2, 0.25) is 0 Å². The average molecular weight is 165 g/mol. The Morgan fingerprint density at radius 3 is 2.92 bits per heavy atom. The number of ether oxygens (including phenoxy) is 1. The van der Waals surface area contributed by atoms with Crippen molar-refractivity contribution in [3.05, 3.63) is 12.5 Å². The lowest BCUT2D eigenvalue weighted by Gasteiger charge is -2.25. The summed E-state index contributed by atoms with van der Waals surface area (Å²) in [6, 6.07) is 0. The SMILES string of the molecule is Nc1cncnc1OC1CCC1. The van der Waals surface area contributed by atoms with Crippen LogP contribution in [0.15, 0.2) is 12.5 Å². The van der Waals surface area contributed by atoms with Gasteiger partial charge in [-0.05, 0) is 19.3 Å². The topological polar surface area (TPSA) is 61.0 Å². The fourth-order valence-corrected chi connectivity index (χ4v) is 1.07. The minimum absolute atomic E-state index is 0.321. The number of nitrogen functional groups attached to an aromatic ring is 1. The van der Waals surface area contributed by atoms with Gasteiger partial charge in [0.15, 0.2) is 0 Å². The second-order valence-corrected chi connectivity index (χ2v) is 2.95. The number of aromatic nitrogens is 2. The Labute approximate surface area is 70.8 Å². The highest BCUT2D eigenvalue weighted by molar-refractivity contribution is 5.44. The van der Waals surface area contributed by atoms with E-state index in [1.165, 1.54) is 12.7 Å². The molecule has 2 N–H and O–H groups in total. The fourth-order valence-electron chi connectivity index (χ4n) is 1.07. The van der Waals surface area contributed by atoms with Gasteiger partial charge in [-0.1, -0.05) is 0 Å². The molecule has 0 atom stereocenters. The van der Waals surface area contributed by atoms with E-state index in [4.69, 9.17) is 10.5 Å². The predicted octanol–water partition coefficient (Wildman–Crippen LogP) is 0.990. The lowest BCUT2D eigenvalue weighted by molar-refractivity contribution is 0.115. The molecule has 1 heterocycles. The first-order valence-corrected chi connectivity index (χ1v) is 4.08. The maximum Gasteiger partial charge on any atom is 0.240 e. The first-order valence-electron chi connectivity index (χ1n) is 4.08. The predicted molar refractivity (Wildman–Crippen MR) is 44.7 cm³/mol. The average Bonchev–Trinajstić information content (AvgIpc) is 2.00. The largest absolute Gasteiger partial charge is 0.473 e. The molecule has 1 aliphatic carbocycles. The summed E-state index contributed by atoms with van der Waals surface area (Å²) in [5.41, 5.74) is 6.12. The molecule has 0 amide bonds. The van der Waals surface area contributed by atoms with Gasteiger partial charge in [-0.25, -0.2) is 4.98 Å². The molecule has 0 saturated heterocycles. The van der Waals surface area contributed by atoms with Crippen LogP contribution in [-0.2, 0) is 0 Å². The molecule has 0 spiro atoms. The first kappa shape index (κ1) is 7.34. The molecular weight excluding hydrogens is 154 g/mol. The zero-order valence-corrected chi connectivity index (χ0v) is 6.73. The molecule has 1 aromatic rings. The summed E-state index contributed by atoms with van der Waals surface area (Å²) < 4.78 is 5.50. The van der Waals surface area contributed by atoms with Crippen LogP contribution < -0.4 is 10.5 Å². The van der Waals surface area contributed by atoms with Crippen LogP contribution in [-0.4, -0.2) is 16.1 Å². The lowest BCUT2D eigenvalue weighted by Crippen LogP contribution is -2.25. The zero-order chi connectivity index (χ0) is 8.39. The first-order chi connectivity index (χ1) is 5.86. The van der Waals surface area contributed by atoms with E-state index < -0.39 is 0 Å². The van der Waals surface area contributed by atoms with Crippen LogP contribution in [0.3, 0.4) is 0 Å². The third kappa shape index (κ3) is 1.32. The summed E-state index contributed by atoms with van der Waals surface area (Å²) in [7, 11) is 0. The van der Waals surface area contributed by atoms with Crippen LogP contribution >= 0.6 is 0 Å². The highest BCUT2D eigenvalue weighted by Crippen LogP contribution is 2.26. The summed E-state index contributed by atoms with van der Waals surface area (Å²) in [6.07, 6.45) is 6.80. The van der Waals surface area contributed by atoms with E-state index in [9.17, 15) is 0 Å². The minimum atomic E-state index is 0.321. The van der Waals surface area contributed by atoms with E-state index in [0.717, 1.165) is 12.8 Å². The Bertz CT molecular complexity index is 273. The van der Waals surface area contributed by atoms with Gasteiger partial charge in [-0.2, -0.15) is 4.98 Å².